The highest BCUT2D eigenvalue weighted by atomic mass is 35.5. The third-order valence-electron chi connectivity index (χ3n) is 11.0. The number of halogens is 5. The molecule has 4 aromatic rings. The van der Waals surface area contributed by atoms with E-state index in [9.17, 15) is 18.4 Å². The first-order chi connectivity index (χ1) is 25.1. The van der Waals surface area contributed by atoms with E-state index in [0.29, 0.717) is 28.0 Å². The predicted octanol–water partition coefficient (Wildman–Crippen LogP) is 8.17. The van der Waals surface area contributed by atoms with Gasteiger partial charge >= 0.3 is 0 Å². The summed E-state index contributed by atoms with van der Waals surface area (Å²) in [4.78, 5) is 45.4. The van der Waals surface area contributed by atoms with Crippen LogP contribution in [0.5, 0.6) is 0 Å². The minimum Gasteiger partial charge on any atom is -0.346 e. The monoisotopic (exact) mass is 754 g/mol. The number of hydrogen-bond donors (Lipinski definition) is 2. The van der Waals surface area contributed by atoms with Crippen LogP contribution in [-0.2, 0) is 10.2 Å². The minimum absolute atomic E-state index is 0.00450. The lowest BCUT2D eigenvalue weighted by atomic mass is 9.71. The Kier molecular flexibility index (Phi) is 9.67. The zero-order valence-corrected chi connectivity index (χ0v) is 31.1. The molecule has 1 saturated carbocycles. The topological polar surface area (TPSA) is 108 Å². The predicted molar refractivity (Wildman–Crippen MR) is 196 cm³/mol. The summed E-state index contributed by atoms with van der Waals surface area (Å²) in [6.45, 7) is 11.1. The van der Waals surface area contributed by atoms with E-state index >= 15 is 8.78 Å². The van der Waals surface area contributed by atoms with Crippen LogP contribution in [0, 0.1) is 11.6 Å². The smallest absolute Gasteiger partial charge is 0.255 e. The molecule has 0 unspecified atom stereocenters. The van der Waals surface area contributed by atoms with E-state index in [4.69, 9.17) is 21.6 Å². The molecule has 1 aromatic carbocycles. The average molecular weight is 755 g/mol. The molecule has 0 bridgehead atoms. The number of anilines is 3. The van der Waals surface area contributed by atoms with Crippen LogP contribution in [0.25, 0.3) is 22.3 Å². The summed E-state index contributed by atoms with van der Waals surface area (Å²) in [6, 6.07) is 4.52. The van der Waals surface area contributed by atoms with Crippen molar-refractivity contribution in [2.75, 3.05) is 29.9 Å². The van der Waals surface area contributed by atoms with E-state index in [1.54, 1.807) is 23.2 Å². The standard InChI is InChI=1S/C38H43ClF4N8O2/c1-20(2)50-19-46-26-14-24(47-34(32(26)50)48-25-13-23(29(39)31(43)30(25)42)35(52)45-18-28(40)41)21-12-27-33(44-17-21)37(3,4)36(53)51(27)22-15-38(5,16-22)49-10-8-6-7-9-11-49/h12-14,17,19-20,22,28H,6-11,15-16,18H2,1-5H3,(H,45,52)(H,47,48)/t22-,38+. The fourth-order valence-electron chi connectivity index (χ4n) is 8.08. The van der Waals surface area contributed by atoms with Gasteiger partial charge in [0.15, 0.2) is 17.5 Å². The molecule has 10 nitrogen and oxygen atoms in total. The van der Waals surface area contributed by atoms with Crippen LogP contribution >= 0.6 is 11.6 Å². The second kappa shape index (κ2) is 13.8. The molecule has 1 saturated heterocycles. The molecule has 0 spiro atoms. The molecule has 3 aliphatic rings. The number of pyridine rings is 2. The van der Waals surface area contributed by atoms with Gasteiger partial charge in [0, 0.05) is 29.4 Å². The molecule has 2 N–H and O–H groups in total. The minimum atomic E-state index is -2.86. The second-order valence-corrected chi connectivity index (χ2v) is 15.8. The number of nitrogens with one attached hydrogen (secondary N) is 2. The maximum absolute atomic E-state index is 15.5. The number of fused-ring (bicyclic) bond motifs is 2. The van der Waals surface area contributed by atoms with Crippen LogP contribution in [0.2, 0.25) is 5.02 Å². The first-order valence-corrected chi connectivity index (χ1v) is 18.5. The average Bonchev–Trinajstić information content (AvgIpc) is 3.47. The van der Waals surface area contributed by atoms with Crippen molar-refractivity contribution in [3.05, 3.63) is 58.6 Å². The number of nitrogens with zero attached hydrogens (tertiary/aromatic N) is 6. The van der Waals surface area contributed by atoms with Gasteiger partial charge in [-0.1, -0.05) is 24.4 Å². The summed E-state index contributed by atoms with van der Waals surface area (Å²) >= 11 is 5.96. The molecule has 53 heavy (non-hydrogen) atoms. The number of hydrogen-bond acceptors (Lipinski definition) is 7. The van der Waals surface area contributed by atoms with Gasteiger partial charge in [-0.25, -0.2) is 27.5 Å². The maximum atomic E-state index is 15.5. The van der Waals surface area contributed by atoms with E-state index in [0.717, 1.165) is 37.7 Å². The number of amides is 2. The van der Waals surface area contributed by atoms with E-state index in [-0.39, 0.29) is 29.3 Å². The Morgan fingerprint density at radius 2 is 1.72 bits per heavy atom. The van der Waals surface area contributed by atoms with Gasteiger partial charge in [-0.15, -0.1) is 0 Å². The van der Waals surface area contributed by atoms with Gasteiger partial charge in [-0.2, -0.15) is 0 Å². The van der Waals surface area contributed by atoms with Gasteiger partial charge in [-0.05, 0) is 91.6 Å². The summed E-state index contributed by atoms with van der Waals surface area (Å²) in [6.07, 6.45) is 6.97. The summed E-state index contributed by atoms with van der Waals surface area (Å²) in [5, 5.41) is 3.96. The number of likely N-dealkylation sites (tertiary alicyclic amines) is 1. The van der Waals surface area contributed by atoms with Crippen LogP contribution in [-0.4, -0.2) is 73.9 Å². The fourth-order valence-corrected chi connectivity index (χ4v) is 8.30. The summed E-state index contributed by atoms with van der Waals surface area (Å²) in [7, 11) is 0. The SMILES string of the molecule is CC(C)n1cnc2cc(-c3cnc4c(c3)N([C@H]3C[C@@](C)(N5CCCCCC5)C3)C(=O)C4(C)C)nc(Nc3cc(C(=O)NCC(F)F)c(Cl)c(F)c3F)c21. The zero-order valence-electron chi connectivity index (χ0n) is 30.4. The molecule has 0 atom stereocenters. The van der Waals surface area contributed by atoms with Crippen LogP contribution in [0.3, 0.4) is 0 Å². The zero-order chi connectivity index (χ0) is 38.0. The van der Waals surface area contributed by atoms with Gasteiger partial charge < -0.3 is 20.1 Å². The number of aromatic nitrogens is 4. The van der Waals surface area contributed by atoms with Gasteiger partial charge in [0.05, 0.1) is 57.2 Å². The number of imidazole rings is 1. The van der Waals surface area contributed by atoms with Crippen molar-refractivity contribution in [3.8, 4) is 11.3 Å². The molecular formula is C38H43ClF4N8O2. The number of rotatable bonds is 9. The number of carbonyl (C=O) groups is 2. The van der Waals surface area contributed by atoms with Crippen molar-refractivity contribution in [2.24, 2.45) is 0 Å². The third kappa shape index (κ3) is 6.51. The first-order valence-electron chi connectivity index (χ1n) is 18.1. The van der Waals surface area contributed by atoms with Crippen molar-refractivity contribution in [2.45, 2.75) is 103 Å². The highest BCUT2D eigenvalue weighted by molar-refractivity contribution is 6.34. The number of alkyl halides is 2. The lowest BCUT2D eigenvalue weighted by molar-refractivity contribution is -0.123. The Morgan fingerprint density at radius 3 is 2.38 bits per heavy atom. The van der Waals surface area contributed by atoms with Gasteiger partial charge in [0.1, 0.15) is 5.52 Å². The fraction of sp³-hybridized carbons (Fsp3) is 0.500. The third-order valence-corrected chi connectivity index (χ3v) is 11.4. The number of benzene rings is 1. The second-order valence-electron chi connectivity index (χ2n) is 15.5. The molecule has 5 heterocycles. The molecule has 0 radical (unpaired) electrons. The van der Waals surface area contributed by atoms with E-state index in [1.165, 1.54) is 25.7 Å². The van der Waals surface area contributed by atoms with Crippen molar-refractivity contribution < 1.29 is 27.2 Å². The van der Waals surface area contributed by atoms with Gasteiger partial charge in [0.2, 0.25) is 5.91 Å². The molecular weight excluding hydrogens is 712 g/mol. The van der Waals surface area contributed by atoms with E-state index in [2.05, 4.69) is 22.1 Å². The Bertz CT molecular complexity index is 2090. The first kappa shape index (κ1) is 37.0. The Labute approximate surface area is 310 Å². The Morgan fingerprint density at radius 1 is 1.02 bits per heavy atom. The maximum Gasteiger partial charge on any atom is 0.255 e. The highest BCUT2D eigenvalue weighted by Crippen LogP contribution is 2.50. The van der Waals surface area contributed by atoms with Gasteiger partial charge in [0.25, 0.3) is 12.3 Å². The van der Waals surface area contributed by atoms with Crippen LogP contribution in [0.1, 0.15) is 95.2 Å². The van der Waals surface area contributed by atoms with Crippen LogP contribution in [0.4, 0.5) is 34.8 Å². The highest BCUT2D eigenvalue weighted by Gasteiger charge is 2.54. The summed E-state index contributed by atoms with van der Waals surface area (Å²) in [5.74, 6) is -3.93. The Hall–Kier alpha value is -4.30. The van der Waals surface area contributed by atoms with Crippen molar-refractivity contribution in [1.82, 2.24) is 29.7 Å². The van der Waals surface area contributed by atoms with Crippen LogP contribution in [0.15, 0.2) is 30.7 Å². The van der Waals surface area contributed by atoms with Crippen molar-refractivity contribution >= 4 is 51.6 Å². The largest absolute Gasteiger partial charge is 0.346 e. The quantitative estimate of drug-likeness (QED) is 0.131. The normalized spacial score (nSPS) is 21.6. The number of carbonyl (C=O) groups excluding carboxylic acids is 2. The lowest BCUT2D eigenvalue weighted by Crippen LogP contribution is -2.63. The summed E-state index contributed by atoms with van der Waals surface area (Å²) < 4.78 is 58.0. The molecule has 15 heteroatoms. The van der Waals surface area contributed by atoms with Crippen LogP contribution < -0.4 is 15.5 Å². The molecule has 7 rings (SSSR count). The molecule has 1 aliphatic carbocycles. The molecule has 2 aliphatic heterocycles. The van der Waals surface area contributed by atoms with Crippen molar-refractivity contribution in [3.63, 3.8) is 0 Å². The molecule has 2 fully saturated rings. The van der Waals surface area contributed by atoms with E-state index < -0.39 is 52.2 Å². The van der Waals surface area contributed by atoms with Gasteiger partial charge in [-0.3, -0.25) is 19.5 Å². The Balaban J connectivity index is 1.27. The molecule has 3 aromatic heterocycles. The molecule has 282 valence electrons. The lowest BCUT2D eigenvalue weighted by Gasteiger charge is -2.54. The summed E-state index contributed by atoms with van der Waals surface area (Å²) in [5.41, 5.74) is 1.49. The molecule has 2 amide bonds. The van der Waals surface area contributed by atoms with E-state index in [1.807, 2.05) is 44.0 Å². The van der Waals surface area contributed by atoms with Crippen molar-refractivity contribution in [1.29, 1.82) is 0 Å².